The second-order valence-electron chi connectivity index (χ2n) is 6.45. The van der Waals surface area contributed by atoms with Gasteiger partial charge in [0.2, 0.25) is 10.0 Å². The molecule has 0 aromatic heterocycles. The van der Waals surface area contributed by atoms with Crippen molar-refractivity contribution in [2.24, 2.45) is 5.14 Å². The van der Waals surface area contributed by atoms with Crippen molar-refractivity contribution < 1.29 is 22.7 Å². The zero-order valence-corrected chi connectivity index (χ0v) is 17.2. The number of primary sulfonamides is 1. The summed E-state index contributed by atoms with van der Waals surface area (Å²) >= 11 is 6.17. The Morgan fingerprint density at radius 1 is 1.00 bits per heavy atom. The predicted molar refractivity (Wildman–Crippen MR) is 108 cm³/mol. The van der Waals surface area contributed by atoms with E-state index in [4.69, 9.17) is 21.5 Å². The number of rotatable bonds is 7. The van der Waals surface area contributed by atoms with Gasteiger partial charge in [0, 0.05) is 0 Å². The van der Waals surface area contributed by atoms with E-state index >= 15 is 0 Å². The van der Waals surface area contributed by atoms with Crippen molar-refractivity contribution in [3.63, 3.8) is 0 Å². The molecule has 3 rings (SSSR count). The molecule has 0 atom stereocenters. The van der Waals surface area contributed by atoms with Crippen LogP contribution >= 0.6 is 11.6 Å². The van der Waals surface area contributed by atoms with Crippen LogP contribution in [0.3, 0.4) is 0 Å². The van der Waals surface area contributed by atoms with Crippen LogP contribution in [0.15, 0.2) is 58.5 Å². The molecule has 0 bridgehead atoms. The van der Waals surface area contributed by atoms with E-state index in [1.54, 1.807) is 24.3 Å². The maximum atomic E-state index is 12.8. The lowest BCUT2D eigenvalue weighted by Gasteiger charge is -2.15. The number of carbonyl (C=O) groups is 2. The molecule has 2 aromatic carbocycles. The molecule has 29 heavy (non-hydrogen) atoms. The van der Waals surface area contributed by atoms with Crippen LogP contribution in [0.5, 0.6) is 5.75 Å². The lowest BCUT2D eigenvalue weighted by atomic mass is 10.1. The standard InChI is InChI=1S/C20H19ClN2O5S/c1-2-11-28-15-7-5-14(6-8-15)17-18(21)20(25)23(19(17)24)12-13-3-9-16(10-4-13)29(22,26)27/h3-10H,2,11-12H2,1H3,(H2,22,26,27). The molecule has 1 aliphatic rings. The highest BCUT2D eigenvalue weighted by molar-refractivity contribution is 7.89. The number of nitrogens with two attached hydrogens (primary N) is 1. The van der Waals surface area contributed by atoms with E-state index in [0.29, 0.717) is 23.5 Å². The Morgan fingerprint density at radius 2 is 1.62 bits per heavy atom. The third-order valence-electron chi connectivity index (χ3n) is 4.32. The molecule has 0 aliphatic carbocycles. The first-order chi connectivity index (χ1) is 13.7. The number of halogens is 1. The Hall–Kier alpha value is -2.68. The van der Waals surface area contributed by atoms with E-state index in [-0.39, 0.29) is 22.0 Å². The van der Waals surface area contributed by atoms with E-state index < -0.39 is 21.8 Å². The van der Waals surface area contributed by atoms with Crippen molar-refractivity contribution in [3.8, 4) is 5.75 Å². The van der Waals surface area contributed by atoms with Gasteiger partial charge < -0.3 is 4.74 Å². The monoisotopic (exact) mass is 434 g/mol. The molecule has 0 saturated heterocycles. The first kappa shape index (κ1) is 21.0. The summed E-state index contributed by atoms with van der Waals surface area (Å²) < 4.78 is 28.2. The molecule has 7 nitrogen and oxygen atoms in total. The molecule has 0 radical (unpaired) electrons. The molecule has 0 spiro atoms. The molecule has 1 aliphatic heterocycles. The molecule has 0 saturated carbocycles. The van der Waals surface area contributed by atoms with Crippen LogP contribution in [0.2, 0.25) is 0 Å². The summed E-state index contributed by atoms with van der Waals surface area (Å²) in [7, 11) is -3.82. The summed E-state index contributed by atoms with van der Waals surface area (Å²) in [6, 6.07) is 12.4. The zero-order chi connectivity index (χ0) is 21.2. The summed E-state index contributed by atoms with van der Waals surface area (Å²) in [5.74, 6) is -0.456. The van der Waals surface area contributed by atoms with E-state index in [2.05, 4.69) is 0 Å². The van der Waals surface area contributed by atoms with Crippen molar-refractivity contribution >= 4 is 39.0 Å². The molecule has 2 aromatic rings. The topological polar surface area (TPSA) is 107 Å². The first-order valence-electron chi connectivity index (χ1n) is 8.83. The number of ether oxygens (including phenoxy) is 1. The molecule has 152 valence electrons. The van der Waals surface area contributed by atoms with E-state index in [0.717, 1.165) is 11.3 Å². The Labute approximate surface area is 173 Å². The van der Waals surface area contributed by atoms with Crippen LogP contribution in [-0.4, -0.2) is 31.7 Å². The fraction of sp³-hybridized carbons (Fsp3) is 0.200. The minimum Gasteiger partial charge on any atom is -0.494 e. The highest BCUT2D eigenvalue weighted by Crippen LogP contribution is 2.33. The molecular formula is C20H19ClN2O5S. The van der Waals surface area contributed by atoms with Gasteiger partial charge in [0.25, 0.3) is 11.8 Å². The third kappa shape index (κ3) is 4.50. The number of sulfonamides is 1. The molecule has 2 amide bonds. The Kier molecular flexibility index (Phi) is 6.07. The van der Waals surface area contributed by atoms with Crippen molar-refractivity contribution in [3.05, 3.63) is 64.7 Å². The average molecular weight is 435 g/mol. The third-order valence-corrected chi connectivity index (χ3v) is 5.60. The minimum atomic E-state index is -3.82. The smallest absolute Gasteiger partial charge is 0.273 e. The summed E-state index contributed by atoms with van der Waals surface area (Å²) in [6.45, 7) is 2.54. The van der Waals surface area contributed by atoms with Gasteiger partial charge in [0.1, 0.15) is 10.8 Å². The van der Waals surface area contributed by atoms with Gasteiger partial charge in [-0.15, -0.1) is 0 Å². The van der Waals surface area contributed by atoms with E-state index in [1.807, 2.05) is 6.92 Å². The number of hydrogen-bond donors (Lipinski definition) is 1. The summed E-state index contributed by atoms with van der Waals surface area (Å²) in [5, 5.41) is 4.92. The van der Waals surface area contributed by atoms with Crippen LogP contribution < -0.4 is 9.88 Å². The average Bonchev–Trinajstić information content (AvgIpc) is 2.90. The fourth-order valence-corrected chi connectivity index (χ4v) is 3.65. The Morgan fingerprint density at radius 3 is 2.17 bits per heavy atom. The Balaban J connectivity index is 1.79. The fourth-order valence-electron chi connectivity index (χ4n) is 2.85. The van der Waals surface area contributed by atoms with E-state index in [9.17, 15) is 18.0 Å². The van der Waals surface area contributed by atoms with Crippen LogP contribution in [0.1, 0.15) is 24.5 Å². The molecule has 1 heterocycles. The SMILES string of the molecule is CCCOc1ccc(C2=C(Cl)C(=O)N(Cc3ccc(S(N)(=O)=O)cc3)C2=O)cc1. The molecule has 0 unspecified atom stereocenters. The predicted octanol–water partition coefficient (Wildman–Crippen LogP) is 2.64. The summed E-state index contributed by atoms with van der Waals surface area (Å²) in [5.41, 5.74) is 1.21. The second kappa shape index (κ2) is 8.36. The van der Waals surface area contributed by atoms with Crippen molar-refractivity contribution in [2.75, 3.05) is 6.61 Å². The lowest BCUT2D eigenvalue weighted by Crippen LogP contribution is -2.30. The molecule has 0 fully saturated rings. The van der Waals surface area contributed by atoms with Crippen LogP contribution in [0, 0.1) is 0 Å². The highest BCUT2D eigenvalue weighted by Gasteiger charge is 2.38. The number of hydrogen-bond acceptors (Lipinski definition) is 5. The number of nitrogens with zero attached hydrogens (tertiary/aromatic N) is 1. The number of carbonyl (C=O) groups excluding carboxylic acids is 2. The normalized spacial score (nSPS) is 14.7. The summed E-state index contributed by atoms with van der Waals surface area (Å²) in [4.78, 5) is 26.3. The van der Waals surface area contributed by atoms with Crippen LogP contribution in [0.4, 0.5) is 0 Å². The first-order valence-corrected chi connectivity index (χ1v) is 10.8. The summed E-state index contributed by atoms with van der Waals surface area (Å²) in [6.07, 6.45) is 0.874. The van der Waals surface area contributed by atoms with Gasteiger partial charge in [0.05, 0.1) is 23.6 Å². The molecule has 2 N–H and O–H groups in total. The molecular weight excluding hydrogens is 416 g/mol. The van der Waals surface area contributed by atoms with Gasteiger partial charge in [-0.3, -0.25) is 14.5 Å². The van der Waals surface area contributed by atoms with Gasteiger partial charge in [0.15, 0.2) is 0 Å². The largest absolute Gasteiger partial charge is 0.494 e. The highest BCUT2D eigenvalue weighted by atomic mass is 35.5. The van der Waals surface area contributed by atoms with E-state index in [1.165, 1.54) is 24.3 Å². The quantitative estimate of drug-likeness (QED) is 0.674. The van der Waals surface area contributed by atoms with Crippen molar-refractivity contribution in [1.82, 2.24) is 4.90 Å². The number of benzene rings is 2. The molecule has 9 heteroatoms. The van der Waals surface area contributed by atoms with Gasteiger partial charge in [-0.1, -0.05) is 42.8 Å². The zero-order valence-electron chi connectivity index (χ0n) is 15.6. The maximum Gasteiger partial charge on any atom is 0.273 e. The van der Waals surface area contributed by atoms with Gasteiger partial charge in [-0.2, -0.15) is 0 Å². The van der Waals surface area contributed by atoms with Gasteiger partial charge in [-0.25, -0.2) is 13.6 Å². The lowest BCUT2D eigenvalue weighted by molar-refractivity contribution is -0.137. The maximum absolute atomic E-state index is 12.8. The van der Waals surface area contributed by atoms with Crippen molar-refractivity contribution in [2.45, 2.75) is 24.8 Å². The number of amides is 2. The minimum absolute atomic E-state index is 0.0417. The second-order valence-corrected chi connectivity index (χ2v) is 8.39. The van der Waals surface area contributed by atoms with Gasteiger partial charge in [-0.05, 0) is 41.8 Å². The van der Waals surface area contributed by atoms with Gasteiger partial charge >= 0.3 is 0 Å². The van der Waals surface area contributed by atoms with Crippen molar-refractivity contribution in [1.29, 1.82) is 0 Å². The van der Waals surface area contributed by atoms with Crippen LogP contribution in [-0.2, 0) is 26.2 Å². The number of imide groups is 1. The Bertz CT molecular complexity index is 1080. The van der Waals surface area contributed by atoms with Crippen LogP contribution in [0.25, 0.3) is 5.57 Å².